The molecule has 0 bridgehead atoms. The second-order valence-electron chi connectivity index (χ2n) is 20.5. The lowest BCUT2D eigenvalue weighted by atomic mass is 9.38. The standard InChI is InChI=1S/C42H72O15/c1-37(2)20-9-11-25-39(5)15-13-24(41(7,53)16-14-26(45)38(3,4)57-36-34(52)32(50)30(48)23(19-44)55-36)40(39,6)17-27(46)42(25,8)21(20)10-12-28(37)56-35-33(51)31(49)29(47)22(18-43)54-35/h9,21-36,43-53H,10-19H2,1-8H3/t21-,22-,23-,24+,25+,26?,27-,28+,29-,30-,31+,32+,33-,34-,35+,36+,39+,40-,41+,42+/m1/s1. The molecule has 6 aliphatic rings. The lowest BCUT2D eigenvalue weighted by molar-refractivity contribution is -0.331. The van der Waals surface area contributed by atoms with Gasteiger partial charge in [0.1, 0.15) is 48.8 Å². The second kappa shape index (κ2) is 15.8. The normalized spacial score (nSPS) is 50.2. The lowest BCUT2D eigenvalue weighted by Gasteiger charge is -2.68. The SMILES string of the molecule is CC(C)(O[C@@H]1O[C@H](CO)[C@@H](O)[C@H](O)[C@H]1O)C(O)CC[C@](C)(O)[C@H]1CC[C@@]2(C)[C@@H]3CC=C4[C@@H](CC[C@H](O[C@@H]5O[C@H](CO)[C@@H](O)[C@H](O)[C@H]5O)C4(C)C)[C@]3(C)[C@H](O)C[C@]12C. The third-order valence-corrected chi connectivity index (χ3v) is 16.7. The number of ether oxygens (including phenoxy) is 4. The molecule has 0 amide bonds. The minimum absolute atomic E-state index is 0.0397. The van der Waals surface area contributed by atoms with Crippen molar-refractivity contribution in [2.75, 3.05) is 13.2 Å². The summed E-state index contributed by atoms with van der Waals surface area (Å²) in [4.78, 5) is 0. The Kier molecular flexibility index (Phi) is 12.7. The van der Waals surface area contributed by atoms with Crippen molar-refractivity contribution in [3.8, 4) is 0 Å². The first-order chi connectivity index (χ1) is 26.3. The van der Waals surface area contributed by atoms with Crippen molar-refractivity contribution in [2.45, 2.75) is 198 Å². The average Bonchev–Trinajstić information content (AvgIpc) is 3.42. The highest BCUT2D eigenvalue weighted by Gasteiger charge is 2.71. The summed E-state index contributed by atoms with van der Waals surface area (Å²) in [6, 6.07) is 0. The molecule has 3 saturated carbocycles. The van der Waals surface area contributed by atoms with E-state index < -0.39 is 120 Å². The molecule has 4 aliphatic carbocycles. The smallest absolute Gasteiger partial charge is 0.187 e. The molecule has 1 unspecified atom stereocenters. The van der Waals surface area contributed by atoms with Crippen molar-refractivity contribution >= 4 is 0 Å². The van der Waals surface area contributed by atoms with Crippen LogP contribution < -0.4 is 0 Å². The van der Waals surface area contributed by atoms with Gasteiger partial charge in [0, 0.05) is 10.8 Å². The van der Waals surface area contributed by atoms with Crippen LogP contribution in [0, 0.1) is 39.4 Å². The van der Waals surface area contributed by atoms with Crippen molar-refractivity contribution in [1.29, 1.82) is 0 Å². The fourth-order valence-corrected chi connectivity index (χ4v) is 12.8. The Bertz CT molecular complexity index is 1450. The molecule has 0 aromatic heterocycles. The number of aliphatic hydroxyl groups excluding tert-OH is 10. The first kappa shape index (κ1) is 45.7. The van der Waals surface area contributed by atoms with Crippen LogP contribution in [0.3, 0.4) is 0 Å². The van der Waals surface area contributed by atoms with Crippen molar-refractivity contribution in [2.24, 2.45) is 39.4 Å². The summed E-state index contributed by atoms with van der Waals surface area (Å²) in [6.07, 6.45) is -9.58. The van der Waals surface area contributed by atoms with E-state index in [1.165, 1.54) is 5.57 Å². The van der Waals surface area contributed by atoms with Gasteiger partial charge < -0.3 is 75.1 Å². The molecule has 2 saturated heterocycles. The van der Waals surface area contributed by atoms with Crippen LogP contribution in [0.15, 0.2) is 11.6 Å². The third kappa shape index (κ3) is 7.29. The largest absolute Gasteiger partial charge is 0.394 e. The molecule has 0 spiro atoms. The van der Waals surface area contributed by atoms with E-state index in [1.807, 2.05) is 6.92 Å². The molecular formula is C42H72O15. The minimum atomic E-state index is -1.62. The average molecular weight is 817 g/mol. The van der Waals surface area contributed by atoms with Crippen molar-refractivity contribution in [3.05, 3.63) is 11.6 Å². The molecule has 6 rings (SSSR count). The summed E-state index contributed by atoms with van der Waals surface area (Å²) in [7, 11) is 0. The van der Waals surface area contributed by atoms with Crippen molar-refractivity contribution in [1.82, 2.24) is 0 Å². The lowest BCUT2D eigenvalue weighted by Crippen LogP contribution is -2.65. The van der Waals surface area contributed by atoms with Gasteiger partial charge in [-0.25, -0.2) is 0 Å². The van der Waals surface area contributed by atoms with Crippen LogP contribution in [0.4, 0.5) is 0 Å². The van der Waals surface area contributed by atoms with E-state index in [0.29, 0.717) is 19.3 Å². The molecule has 0 aromatic rings. The fourth-order valence-electron chi connectivity index (χ4n) is 12.8. The van der Waals surface area contributed by atoms with Crippen LogP contribution in [0.5, 0.6) is 0 Å². The summed E-state index contributed by atoms with van der Waals surface area (Å²) in [5, 5.41) is 118. The van der Waals surface area contributed by atoms with E-state index in [2.05, 4.69) is 40.7 Å². The summed E-state index contributed by atoms with van der Waals surface area (Å²) < 4.78 is 23.6. The van der Waals surface area contributed by atoms with E-state index in [9.17, 15) is 56.2 Å². The molecule has 2 aliphatic heterocycles. The van der Waals surface area contributed by atoms with E-state index in [-0.39, 0.29) is 36.0 Å². The first-order valence-electron chi connectivity index (χ1n) is 21.1. The number of hydrogen-bond donors (Lipinski definition) is 11. The molecule has 5 fully saturated rings. The van der Waals surface area contributed by atoms with Crippen LogP contribution in [-0.4, -0.2) is 160 Å². The third-order valence-electron chi connectivity index (χ3n) is 16.7. The molecule has 330 valence electrons. The molecule has 2 heterocycles. The number of rotatable bonds is 11. The Balaban J connectivity index is 1.16. The van der Waals surface area contributed by atoms with Crippen LogP contribution >= 0.6 is 0 Å². The van der Waals surface area contributed by atoms with Gasteiger partial charge in [0.25, 0.3) is 0 Å². The predicted molar refractivity (Wildman–Crippen MR) is 204 cm³/mol. The Hall–Kier alpha value is -0.860. The molecule has 57 heavy (non-hydrogen) atoms. The van der Waals surface area contributed by atoms with E-state index in [4.69, 9.17) is 18.9 Å². The first-order valence-corrected chi connectivity index (χ1v) is 21.1. The molecule has 0 aromatic carbocycles. The Morgan fingerprint density at radius 1 is 0.772 bits per heavy atom. The topological polar surface area (TPSA) is 259 Å². The molecule has 15 heteroatoms. The predicted octanol–water partition coefficient (Wildman–Crippen LogP) is 0.235. The van der Waals surface area contributed by atoms with Gasteiger partial charge >= 0.3 is 0 Å². The summed E-state index contributed by atoms with van der Waals surface area (Å²) in [5.74, 6) is -0.0539. The maximum atomic E-state index is 12.4. The van der Waals surface area contributed by atoms with Crippen molar-refractivity contribution < 1.29 is 75.1 Å². The maximum absolute atomic E-state index is 12.4. The Morgan fingerprint density at radius 3 is 1.91 bits per heavy atom. The van der Waals surface area contributed by atoms with Gasteiger partial charge in [-0.05, 0) is 101 Å². The van der Waals surface area contributed by atoms with Gasteiger partial charge in [-0.1, -0.05) is 46.3 Å². The van der Waals surface area contributed by atoms with E-state index in [0.717, 1.165) is 19.3 Å². The number of aliphatic hydroxyl groups is 11. The maximum Gasteiger partial charge on any atom is 0.187 e. The Morgan fingerprint density at radius 2 is 1.33 bits per heavy atom. The molecule has 0 radical (unpaired) electrons. The monoisotopic (exact) mass is 816 g/mol. The van der Waals surface area contributed by atoms with Gasteiger partial charge in [-0.3, -0.25) is 0 Å². The van der Waals surface area contributed by atoms with Gasteiger partial charge in [0.15, 0.2) is 12.6 Å². The van der Waals surface area contributed by atoms with Gasteiger partial charge in [-0.2, -0.15) is 0 Å². The van der Waals surface area contributed by atoms with Crippen LogP contribution in [0.1, 0.15) is 107 Å². The summed E-state index contributed by atoms with van der Waals surface area (Å²) in [5.41, 5.74) is -3.05. The van der Waals surface area contributed by atoms with Crippen LogP contribution in [0.2, 0.25) is 0 Å². The highest BCUT2D eigenvalue weighted by Crippen LogP contribution is 2.75. The zero-order chi connectivity index (χ0) is 42.4. The van der Waals surface area contributed by atoms with Gasteiger partial charge in [0.05, 0.1) is 42.7 Å². The number of allylic oxidation sites excluding steroid dienone is 1. The molecular weight excluding hydrogens is 744 g/mol. The highest BCUT2D eigenvalue weighted by molar-refractivity contribution is 5.32. The van der Waals surface area contributed by atoms with Gasteiger partial charge in [0.2, 0.25) is 0 Å². The van der Waals surface area contributed by atoms with E-state index in [1.54, 1.807) is 13.8 Å². The minimum Gasteiger partial charge on any atom is -0.394 e. The zero-order valence-electron chi connectivity index (χ0n) is 34.9. The molecule has 15 nitrogen and oxygen atoms in total. The summed E-state index contributed by atoms with van der Waals surface area (Å²) in [6.45, 7) is 14.8. The zero-order valence-corrected chi connectivity index (χ0v) is 34.9. The van der Waals surface area contributed by atoms with Crippen LogP contribution in [0.25, 0.3) is 0 Å². The van der Waals surface area contributed by atoms with Gasteiger partial charge in [-0.15, -0.1) is 0 Å². The van der Waals surface area contributed by atoms with Crippen LogP contribution in [-0.2, 0) is 18.9 Å². The Labute approximate surface area is 336 Å². The quantitative estimate of drug-likeness (QED) is 0.125. The molecule has 20 atom stereocenters. The second-order valence-corrected chi connectivity index (χ2v) is 20.5. The number of hydrogen-bond acceptors (Lipinski definition) is 15. The number of fused-ring (bicyclic) bond motifs is 5. The fraction of sp³-hybridized carbons (Fsp3) is 0.952. The summed E-state index contributed by atoms with van der Waals surface area (Å²) >= 11 is 0. The van der Waals surface area contributed by atoms with Crippen molar-refractivity contribution in [3.63, 3.8) is 0 Å². The molecule has 11 N–H and O–H groups in total. The highest BCUT2D eigenvalue weighted by atomic mass is 16.7. The van der Waals surface area contributed by atoms with E-state index >= 15 is 0 Å².